The van der Waals surface area contributed by atoms with Crippen LogP contribution in [0.5, 0.6) is 0 Å². The van der Waals surface area contributed by atoms with Crippen LogP contribution in [-0.2, 0) is 17.4 Å². The van der Waals surface area contributed by atoms with Crippen molar-refractivity contribution in [1.82, 2.24) is 5.32 Å². The predicted molar refractivity (Wildman–Crippen MR) is 93.4 cm³/mol. The van der Waals surface area contributed by atoms with Crippen molar-refractivity contribution in [3.63, 3.8) is 0 Å². The molecule has 0 bridgehead atoms. The maximum atomic E-state index is 12.9. The number of hydrogen-bond acceptors (Lipinski definition) is 3. The quantitative estimate of drug-likeness (QED) is 0.873. The first-order valence-electron chi connectivity index (χ1n) is 8.17. The molecule has 1 aliphatic rings. The topological polar surface area (TPSA) is 49.4 Å². The summed E-state index contributed by atoms with van der Waals surface area (Å²) in [6, 6.07) is 5.18. The van der Waals surface area contributed by atoms with Crippen LogP contribution in [0.25, 0.3) is 0 Å². The average Bonchev–Trinajstić information content (AvgIpc) is 3.14. The van der Waals surface area contributed by atoms with Crippen LogP contribution < -0.4 is 10.2 Å². The molecule has 0 fully saturated rings. The summed E-state index contributed by atoms with van der Waals surface area (Å²) in [5.74, 6) is -0.454. The molecule has 2 amide bonds. The van der Waals surface area contributed by atoms with Crippen LogP contribution in [0.4, 0.5) is 18.9 Å². The number of thiophene rings is 1. The fourth-order valence-corrected chi connectivity index (χ4v) is 3.58. The second-order valence-electron chi connectivity index (χ2n) is 6.01. The molecule has 1 aromatic heterocycles. The zero-order valence-corrected chi connectivity index (χ0v) is 14.6. The van der Waals surface area contributed by atoms with Crippen LogP contribution in [0.2, 0.25) is 0 Å². The lowest BCUT2D eigenvalue weighted by Crippen LogP contribution is -2.37. The highest BCUT2D eigenvalue weighted by Gasteiger charge is 2.32. The minimum Gasteiger partial charge on any atom is -0.351 e. The number of carbonyl (C=O) groups excluding carboxylic acids is 2. The van der Waals surface area contributed by atoms with Gasteiger partial charge < -0.3 is 10.2 Å². The summed E-state index contributed by atoms with van der Waals surface area (Å²) in [4.78, 5) is 25.8. The molecule has 0 saturated heterocycles. The van der Waals surface area contributed by atoms with Gasteiger partial charge in [0.2, 0.25) is 5.91 Å². The van der Waals surface area contributed by atoms with Crippen molar-refractivity contribution in [1.29, 1.82) is 0 Å². The van der Waals surface area contributed by atoms with Crippen LogP contribution in [0.15, 0.2) is 35.0 Å². The molecule has 0 spiro atoms. The number of halogens is 3. The number of anilines is 1. The Morgan fingerprint density at radius 3 is 2.73 bits per heavy atom. The Morgan fingerprint density at radius 2 is 2.04 bits per heavy atom. The Hall–Kier alpha value is -2.35. The lowest BCUT2D eigenvalue weighted by Gasteiger charge is -2.30. The first-order chi connectivity index (χ1) is 12.4. The molecule has 0 unspecified atom stereocenters. The number of benzene rings is 1. The number of hydrogen-bond donors (Lipinski definition) is 1. The van der Waals surface area contributed by atoms with Crippen molar-refractivity contribution in [3.05, 3.63) is 51.7 Å². The van der Waals surface area contributed by atoms with E-state index in [1.54, 1.807) is 16.8 Å². The molecule has 0 radical (unpaired) electrons. The summed E-state index contributed by atoms with van der Waals surface area (Å²) >= 11 is 1.41. The van der Waals surface area contributed by atoms with Gasteiger partial charge in [-0.25, -0.2) is 0 Å². The number of alkyl halides is 3. The summed E-state index contributed by atoms with van der Waals surface area (Å²) in [5, 5.41) is 6.19. The van der Waals surface area contributed by atoms with E-state index in [2.05, 4.69) is 5.32 Å². The summed E-state index contributed by atoms with van der Waals surface area (Å²) in [5.41, 5.74) is 0.902. The summed E-state index contributed by atoms with van der Waals surface area (Å²) in [6.45, 7) is 0.648. The molecule has 1 aliphatic heterocycles. The summed E-state index contributed by atoms with van der Waals surface area (Å²) < 4.78 is 38.6. The van der Waals surface area contributed by atoms with Gasteiger partial charge in [-0.05, 0) is 48.1 Å². The van der Waals surface area contributed by atoms with Gasteiger partial charge in [-0.3, -0.25) is 9.59 Å². The Labute approximate surface area is 152 Å². The fraction of sp³-hybridized carbons (Fsp3) is 0.333. The molecule has 138 valence electrons. The largest absolute Gasteiger partial charge is 0.416 e. The molecular weight excluding hydrogens is 365 g/mol. The van der Waals surface area contributed by atoms with Crippen LogP contribution in [0, 0.1) is 0 Å². The first-order valence-corrected chi connectivity index (χ1v) is 9.11. The molecule has 0 atom stereocenters. The second kappa shape index (κ2) is 7.49. The lowest BCUT2D eigenvalue weighted by molar-refractivity contribution is -0.137. The number of nitrogens with one attached hydrogen (secondary N) is 1. The Morgan fingerprint density at radius 1 is 1.23 bits per heavy atom. The zero-order chi connectivity index (χ0) is 18.7. The highest BCUT2D eigenvalue weighted by atomic mass is 32.1. The Bertz CT molecular complexity index is 803. The van der Waals surface area contributed by atoms with Crippen molar-refractivity contribution in [2.75, 3.05) is 18.0 Å². The molecule has 1 N–H and O–H groups in total. The first kappa shape index (κ1) is 18.4. The maximum Gasteiger partial charge on any atom is 0.416 e. The van der Waals surface area contributed by atoms with E-state index in [0.717, 1.165) is 12.1 Å². The predicted octanol–water partition coefficient (Wildman–Crippen LogP) is 3.87. The van der Waals surface area contributed by atoms with Gasteiger partial charge in [0, 0.05) is 36.1 Å². The molecule has 3 rings (SSSR count). The van der Waals surface area contributed by atoms with Crippen LogP contribution in [-0.4, -0.2) is 24.9 Å². The van der Waals surface area contributed by atoms with E-state index in [1.807, 2.05) is 0 Å². The third kappa shape index (κ3) is 4.07. The molecule has 4 nitrogen and oxygen atoms in total. The number of nitrogens with zero attached hydrogens (tertiary/aromatic N) is 1. The van der Waals surface area contributed by atoms with Gasteiger partial charge in [0.1, 0.15) is 0 Å². The van der Waals surface area contributed by atoms with E-state index >= 15 is 0 Å². The van der Waals surface area contributed by atoms with Gasteiger partial charge in [0.15, 0.2) is 0 Å². The SMILES string of the molecule is O=C(NCCC(=O)N1CCCc2cc(C(F)(F)F)ccc21)c1ccsc1. The average molecular weight is 382 g/mol. The van der Waals surface area contributed by atoms with Gasteiger partial charge in [0.05, 0.1) is 5.56 Å². The van der Waals surface area contributed by atoms with E-state index in [0.29, 0.717) is 36.2 Å². The highest BCUT2D eigenvalue weighted by molar-refractivity contribution is 7.08. The third-order valence-corrected chi connectivity index (χ3v) is 4.92. The van der Waals surface area contributed by atoms with Crippen molar-refractivity contribution >= 4 is 28.8 Å². The molecule has 26 heavy (non-hydrogen) atoms. The molecular formula is C18H17F3N2O2S. The smallest absolute Gasteiger partial charge is 0.351 e. The minimum absolute atomic E-state index is 0.0936. The van der Waals surface area contributed by atoms with E-state index in [-0.39, 0.29) is 24.8 Å². The van der Waals surface area contributed by atoms with Gasteiger partial charge >= 0.3 is 6.18 Å². The number of amides is 2. The molecule has 2 heterocycles. The second-order valence-corrected chi connectivity index (χ2v) is 6.79. The van der Waals surface area contributed by atoms with Crippen molar-refractivity contribution in [2.45, 2.75) is 25.4 Å². The monoisotopic (exact) mass is 382 g/mol. The van der Waals surface area contributed by atoms with Crippen LogP contribution in [0.3, 0.4) is 0 Å². The van der Waals surface area contributed by atoms with Gasteiger partial charge in [-0.1, -0.05) is 0 Å². The van der Waals surface area contributed by atoms with E-state index in [1.165, 1.54) is 22.3 Å². The van der Waals surface area contributed by atoms with Gasteiger partial charge in [0.25, 0.3) is 5.91 Å². The number of aryl methyl sites for hydroxylation is 1. The third-order valence-electron chi connectivity index (χ3n) is 4.23. The minimum atomic E-state index is -4.40. The van der Waals surface area contributed by atoms with Crippen LogP contribution in [0.1, 0.15) is 34.3 Å². The number of carbonyl (C=O) groups is 2. The van der Waals surface area contributed by atoms with Crippen molar-refractivity contribution < 1.29 is 22.8 Å². The number of fused-ring (bicyclic) bond motifs is 1. The molecule has 0 saturated carbocycles. The Balaban J connectivity index is 1.63. The number of rotatable bonds is 4. The molecule has 2 aromatic rings. The van der Waals surface area contributed by atoms with E-state index < -0.39 is 11.7 Å². The normalized spacial score (nSPS) is 14.0. The van der Waals surface area contributed by atoms with Crippen molar-refractivity contribution in [2.24, 2.45) is 0 Å². The fourth-order valence-electron chi connectivity index (χ4n) is 2.95. The van der Waals surface area contributed by atoms with Crippen LogP contribution >= 0.6 is 11.3 Å². The molecule has 0 aliphatic carbocycles. The summed E-state index contributed by atoms with van der Waals surface area (Å²) in [7, 11) is 0. The molecule has 8 heteroatoms. The Kier molecular flexibility index (Phi) is 5.31. The van der Waals surface area contributed by atoms with Gasteiger partial charge in [-0.15, -0.1) is 0 Å². The van der Waals surface area contributed by atoms with E-state index in [4.69, 9.17) is 0 Å². The highest BCUT2D eigenvalue weighted by Crippen LogP contribution is 2.35. The standard InChI is InChI=1S/C18H17F3N2O2S/c19-18(20,21)14-3-4-15-12(10-14)2-1-8-23(15)16(24)5-7-22-17(25)13-6-9-26-11-13/h3-4,6,9-11H,1-2,5,7-8H2,(H,22,25). The maximum absolute atomic E-state index is 12.9. The van der Waals surface area contributed by atoms with Crippen molar-refractivity contribution in [3.8, 4) is 0 Å². The van der Waals surface area contributed by atoms with Gasteiger partial charge in [-0.2, -0.15) is 24.5 Å². The van der Waals surface area contributed by atoms with E-state index in [9.17, 15) is 22.8 Å². The molecule has 1 aromatic carbocycles. The summed E-state index contributed by atoms with van der Waals surface area (Å²) in [6.07, 6.45) is -3.18. The lowest BCUT2D eigenvalue weighted by atomic mass is 9.98. The zero-order valence-electron chi connectivity index (χ0n) is 13.8.